The number of ether oxygens (including phenoxy) is 1. The molecule has 2 aromatic rings. The second kappa shape index (κ2) is 5.05. The third-order valence-electron chi connectivity index (χ3n) is 2.20. The SMILES string of the molecule is COC(=O)CSc1nc2ccccn2c1[N+](=O)[O-]. The zero-order chi connectivity index (χ0) is 13.1. The van der Waals surface area contributed by atoms with Gasteiger partial charge in [0.2, 0.25) is 5.65 Å². The third kappa shape index (κ3) is 2.28. The number of hydrogen-bond acceptors (Lipinski definition) is 6. The number of methoxy groups -OCH3 is 1. The number of pyridine rings is 1. The van der Waals surface area contributed by atoms with Crippen molar-refractivity contribution in [2.24, 2.45) is 0 Å². The second-order valence-corrected chi connectivity index (χ2v) is 4.26. The molecule has 0 aliphatic carbocycles. The number of carbonyl (C=O) groups excluding carboxylic acids is 1. The van der Waals surface area contributed by atoms with E-state index in [9.17, 15) is 14.9 Å². The molecule has 0 saturated heterocycles. The number of rotatable bonds is 4. The fourth-order valence-corrected chi connectivity index (χ4v) is 2.24. The summed E-state index contributed by atoms with van der Waals surface area (Å²) in [7, 11) is 1.26. The molecule has 2 rings (SSSR count). The summed E-state index contributed by atoms with van der Waals surface area (Å²) < 4.78 is 5.86. The van der Waals surface area contributed by atoms with E-state index in [2.05, 4.69) is 9.72 Å². The minimum absolute atomic E-state index is 0.0127. The molecule has 94 valence electrons. The van der Waals surface area contributed by atoms with Crippen molar-refractivity contribution < 1.29 is 14.5 Å². The first-order chi connectivity index (χ1) is 8.63. The van der Waals surface area contributed by atoms with E-state index in [4.69, 9.17) is 0 Å². The lowest BCUT2D eigenvalue weighted by Crippen LogP contribution is -2.03. The standard InChI is InChI=1S/C10H9N3O4S/c1-17-8(14)6-18-9-10(13(15)16)12-5-3-2-4-7(12)11-9/h2-5H,6H2,1H3. The predicted molar refractivity (Wildman–Crippen MR) is 64.6 cm³/mol. The third-order valence-corrected chi connectivity index (χ3v) is 3.13. The van der Waals surface area contributed by atoms with Crippen LogP contribution in [-0.2, 0) is 9.53 Å². The van der Waals surface area contributed by atoms with Gasteiger partial charge in [0.1, 0.15) is 0 Å². The van der Waals surface area contributed by atoms with Gasteiger partial charge in [-0.15, -0.1) is 0 Å². The topological polar surface area (TPSA) is 86.7 Å². The lowest BCUT2D eigenvalue weighted by molar-refractivity contribution is -0.393. The number of nitro groups is 1. The Balaban J connectivity index is 2.40. The number of hydrogen-bond donors (Lipinski definition) is 0. The summed E-state index contributed by atoms with van der Waals surface area (Å²) in [6.07, 6.45) is 1.56. The summed E-state index contributed by atoms with van der Waals surface area (Å²) in [5, 5.41) is 11.2. The van der Waals surface area contributed by atoms with Crippen molar-refractivity contribution in [3.05, 3.63) is 34.5 Å². The number of carbonyl (C=O) groups is 1. The average molecular weight is 267 g/mol. The van der Waals surface area contributed by atoms with Gasteiger partial charge in [-0.2, -0.15) is 9.38 Å². The highest BCUT2D eigenvalue weighted by atomic mass is 32.2. The summed E-state index contributed by atoms with van der Waals surface area (Å²) in [6, 6.07) is 5.08. The van der Waals surface area contributed by atoms with E-state index >= 15 is 0 Å². The Morgan fingerprint density at radius 2 is 2.39 bits per heavy atom. The van der Waals surface area contributed by atoms with Gasteiger partial charge in [-0.1, -0.05) is 17.8 Å². The van der Waals surface area contributed by atoms with Crippen molar-refractivity contribution >= 4 is 29.2 Å². The molecular formula is C10H9N3O4S. The van der Waals surface area contributed by atoms with Crippen LogP contribution in [0.1, 0.15) is 0 Å². The number of imidazole rings is 1. The minimum Gasteiger partial charge on any atom is -0.468 e. The molecule has 2 aromatic heterocycles. The minimum atomic E-state index is -0.514. The summed E-state index contributed by atoms with van der Waals surface area (Å²) >= 11 is 0.986. The number of fused-ring (bicyclic) bond motifs is 1. The van der Waals surface area contributed by atoms with Crippen LogP contribution in [-0.4, -0.2) is 33.1 Å². The van der Waals surface area contributed by atoms with Crippen molar-refractivity contribution in [2.45, 2.75) is 5.03 Å². The fraction of sp³-hybridized carbons (Fsp3) is 0.200. The number of thioether (sulfide) groups is 1. The van der Waals surface area contributed by atoms with E-state index in [0.717, 1.165) is 11.8 Å². The Bertz CT molecular complexity index is 610. The maximum Gasteiger partial charge on any atom is 0.361 e. The quantitative estimate of drug-likeness (QED) is 0.361. The van der Waals surface area contributed by atoms with Crippen LogP contribution in [0, 0.1) is 10.1 Å². The highest BCUT2D eigenvalue weighted by Crippen LogP contribution is 2.29. The maximum absolute atomic E-state index is 11.0. The Kier molecular flexibility index (Phi) is 3.47. The van der Waals surface area contributed by atoms with Crippen LogP contribution >= 0.6 is 11.8 Å². The molecule has 7 nitrogen and oxygen atoms in total. The molecule has 0 amide bonds. The van der Waals surface area contributed by atoms with E-state index in [1.54, 1.807) is 24.4 Å². The highest BCUT2D eigenvalue weighted by Gasteiger charge is 2.23. The lowest BCUT2D eigenvalue weighted by atomic mass is 10.5. The monoisotopic (exact) mass is 267 g/mol. The van der Waals surface area contributed by atoms with Crippen LogP contribution in [0.25, 0.3) is 5.65 Å². The molecule has 0 aliphatic rings. The largest absolute Gasteiger partial charge is 0.468 e. The molecular weight excluding hydrogens is 258 g/mol. The van der Waals surface area contributed by atoms with Crippen LogP contribution in [0.5, 0.6) is 0 Å². The van der Waals surface area contributed by atoms with E-state index in [0.29, 0.717) is 5.65 Å². The molecule has 0 aliphatic heterocycles. The zero-order valence-corrected chi connectivity index (χ0v) is 10.2. The van der Waals surface area contributed by atoms with Gasteiger partial charge < -0.3 is 14.9 Å². The van der Waals surface area contributed by atoms with Gasteiger partial charge in [0.05, 0.1) is 19.1 Å². The van der Waals surface area contributed by atoms with Crippen LogP contribution in [0.3, 0.4) is 0 Å². The highest BCUT2D eigenvalue weighted by molar-refractivity contribution is 8.00. The van der Waals surface area contributed by atoms with E-state index in [1.165, 1.54) is 11.5 Å². The molecule has 0 N–H and O–H groups in total. The maximum atomic E-state index is 11.0. The Morgan fingerprint density at radius 1 is 1.61 bits per heavy atom. The molecule has 0 aromatic carbocycles. The van der Waals surface area contributed by atoms with Crippen LogP contribution in [0.4, 0.5) is 5.82 Å². The first-order valence-electron chi connectivity index (χ1n) is 4.94. The van der Waals surface area contributed by atoms with E-state index < -0.39 is 10.9 Å². The predicted octanol–water partition coefficient (Wildman–Crippen LogP) is 1.51. The van der Waals surface area contributed by atoms with Crippen molar-refractivity contribution in [1.82, 2.24) is 9.38 Å². The van der Waals surface area contributed by atoms with Gasteiger partial charge in [-0.05, 0) is 11.0 Å². The number of aromatic nitrogens is 2. The fourth-order valence-electron chi connectivity index (χ4n) is 1.41. The Morgan fingerprint density at radius 3 is 3.06 bits per heavy atom. The van der Waals surface area contributed by atoms with Gasteiger partial charge in [0.25, 0.3) is 0 Å². The lowest BCUT2D eigenvalue weighted by Gasteiger charge is -1.97. The van der Waals surface area contributed by atoms with Gasteiger partial charge in [-0.3, -0.25) is 4.79 Å². The average Bonchev–Trinajstić information content (AvgIpc) is 2.74. The molecule has 0 spiro atoms. The molecule has 0 radical (unpaired) electrons. The summed E-state index contributed by atoms with van der Waals surface area (Å²) in [5.41, 5.74) is 0.469. The van der Waals surface area contributed by atoms with Crippen LogP contribution < -0.4 is 0 Å². The van der Waals surface area contributed by atoms with Gasteiger partial charge in [0, 0.05) is 6.07 Å². The summed E-state index contributed by atoms with van der Waals surface area (Å²) in [5.74, 6) is -0.604. The second-order valence-electron chi connectivity index (χ2n) is 3.29. The smallest absolute Gasteiger partial charge is 0.361 e. The van der Waals surface area contributed by atoms with Crippen molar-refractivity contribution in [1.29, 1.82) is 0 Å². The molecule has 0 unspecified atom stereocenters. The van der Waals surface area contributed by atoms with Crippen molar-refractivity contribution in [3.63, 3.8) is 0 Å². The van der Waals surface area contributed by atoms with Crippen LogP contribution in [0.2, 0.25) is 0 Å². The normalized spacial score (nSPS) is 10.5. The molecule has 0 bridgehead atoms. The van der Waals surface area contributed by atoms with Gasteiger partial charge >= 0.3 is 11.8 Å². The molecule has 2 heterocycles. The molecule has 0 atom stereocenters. The van der Waals surface area contributed by atoms with Gasteiger partial charge in [-0.25, -0.2) is 0 Å². The van der Waals surface area contributed by atoms with Gasteiger partial charge in [0.15, 0.2) is 5.03 Å². The van der Waals surface area contributed by atoms with Crippen LogP contribution in [0.15, 0.2) is 29.4 Å². The van der Waals surface area contributed by atoms with E-state index in [1.807, 2.05) is 0 Å². The first kappa shape index (κ1) is 12.4. The van der Waals surface area contributed by atoms with Crippen molar-refractivity contribution in [3.8, 4) is 0 Å². The number of nitrogens with zero attached hydrogens (tertiary/aromatic N) is 3. The first-order valence-corrected chi connectivity index (χ1v) is 5.93. The Hall–Kier alpha value is -2.09. The Labute approximate surface area is 106 Å². The summed E-state index contributed by atoms with van der Waals surface area (Å²) in [4.78, 5) is 25.7. The molecule has 0 saturated carbocycles. The molecule has 8 heteroatoms. The number of esters is 1. The zero-order valence-electron chi connectivity index (χ0n) is 9.40. The van der Waals surface area contributed by atoms with Crippen molar-refractivity contribution in [2.75, 3.05) is 12.9 Å². The summed E-state index contributed by atoms with van der Waals surface area (Å²) in [6.45, 7) is 0. The van der Waals surface area contributed by atoms with E-state index in [-0.39, 0.29) is 16.6 Å². The molecule has 18 heavy (non-hydrogen) atoms. The molecule has 0 fully saturated rings.